The van der Waals surface area contributed by atoms with E-state index in [-0.39, 0.29) is 11.9 Å². The van der Waals surface area contributed by atoms with Crippen molar-refractivity contribution in [3.63, 3.8) is 0 Å². The van der Waals surface area contributed by atoms with Crippen LogP contribution in [0.1, 0.15) is 44.6 Å². The number of fused-ring (bicyclic) bond motifs is 1. The highest BCUT2D eigenvalue weighted by Gasteiger charge is 2.23. The van der Waals surface area contributed by atoms with E-state index in [9.17, 15) is 4.79 Å². The second-order valence-electron chi connectivity index (χ2n) is 7.12. The molecule has 4 nitrogen and oxygen atoms in total. The lowest BCUT2D eigenvalue weighted by Crippen LogP contribution is -2.43. The van der Waals surface area contributed by atoms with Crippen LogP contribution in [0.3, 0.4) is 0 Å². The number of benzene rings is 1. The zero-order valence-electron chi connectivity index (χ0n) is 15.1. The van der Waals surface area contributed by atoms with Crippen molar-refractivity contribution in [1.29, 1.82) is 0 Å². The van der Waals surface area contributed by atoms with Gasteiger partial charge in [-0.25, -0.2) is 0 Å². The normalized spacial score (nSPS) is 18.9. The van der Waals surface area contributed by atoms with Gasteiger partial charge in [0.25, 0.3) is 5.91 Å². The highest BCUT2D eigenvalue weighted by molar-refractivity contribution is 7.14. The summed E-state index contributed by atoms with van der Waals surface area (Å²) in [7, 11) is 0. The van der Waals surface area contributed by atoms with E-state index in [1.807, 2.05) is 18.2 Å². The van der Waals surface area contributed by atoms with Crippen molar-refractivity contribution < 1.29 is 9.53 Å². The van der Waals surface area contributed by atoms with Gasteiger partial charge in [-0.1, -0.05) is 30.3 Å². The highest BCUT2D eigenvalue weighted by atomic mass is 32.1. The van der Waals surface area contributed by atoms with Crippen LogP contribution in [0.5, 0.6) is 0 Å². The van der Waals surface area contributed by atoms with E-state index in [2.05, 4.69) is 28.4 Å². The quantitative estimate of drug-likeness (QED) is 0.877. The molecule has 26 heavy (non-hydrogen) atoms. The number of ether oxygens (including phenoxy) is 1. The average Bonchev–Trinajstić information content (AvgIpc) is 3.13. The van der Waals surface area contributed by atoms with Crippen molar-refractivity contribution >= 4 is 17.2 Å². The molecule has 0 saturated carbocycles. The number of carbonyl (C=O) groups is 1. The minimum Gasteiger partial charge on any atom is -0.379 e. The lowest BCUT2D eigenvalue weighted by atomic mass is 9.99. The summed E-state index contributed by atoms with van der Waals surface area (Å²) in [6.07, 6.45) is 4.74. The van der Waals surface area contributed by atoms with Crippen molar-refractivity contribution in [3.05, 3.63) is 57.3 Å². The Balaban J connectivity index is 1.49. The Labute approximate surface area is 159 Å². The molecule has 1 aromatic carbocycles. The van der Waals surface area contributed by atoms with Crippen LogP contribution in [0.25, 0.3) is 0 Å². The molecule has 1 aromatic heterocycles. The average molecular weight is 371 g/mol. The third-order valence-electron chi connectivity index (χ3n) is 5.27. The van der Waals surface area contributed by atoms with Crippen molar-refractivity contribution in [2.45, 2.75) is 31.7 Å². The topological polar surface area (TPSA) is 41.6 Å². The van der Waals surface area contributed by atoms with Gasteiger partial charge in [-0.3, -0.25) is 9.69 Å². The van der Waals surface area contributed by atoms with E-state index in [1.165, 1.54) is 23.3 Å². The van der Waals surface area contributed by atoms with Gasteiger partial charge < -0.3 is 10.1 Å². The second-order valence-corrected chi connectivity index (χ2v) is 8.25. The monoisotopic (exact) mass is 370 g/mol. The molecule has 0 unspecified atom stereocenters. The van der Waals surface area contributed by atoms with Crippen molar-refractivity contribution in [2.75, 3.05) is 32.8 Å². The summed E-state index contributed by atoms with van der Waals surface area (Å²) in [5.41, 5.74) is 2.55. The number of aryl methyl sites for hydroxylation is 2. The molecule has 138 valence electrons. The second kappa shape index (κ2) is 8.33. The van der Waals surface area contributed by atoms with Gasteiger partial charge in [0.15, 0.2) is 0 Å². The molecule has 1 atom stereocenters. The first-order valence-corrected chi connectivity index (χ1v) is 10.4. The number of nitrogens with one attached hydrogen (secondary N) is 1. The van der Waals surface area contributed by atoms with Gasteiger partial charge in [-0.15, -0.1) is 11.3 Å². The van der Waals surface area contributed by atoms with Crippen LogP contribution in [0.2, 0.25) is 0 Å². The molecule has 0 spiro atoms. The fraction of sp³-hybridized carbons (Fsp3) is 0.476. The number of nitrogens with zero attached hydrogens (tertiary/aromatic N) is 1. The predicted molar refractivity (Wildman–Crippen MR) is 105 cm³/mol. The van der Waals surface area contributed by atoms with Crippen LogP contribution >= 0.6 is 11.3 Å². The number of amides is 1. The van der Waals surface area contributed by atoms with Crippen LogP contribution in [0.15, 0.2) is 36.4 Å². The van der Waals surface area contributed by atoms with Gasteiger partial charge in [-0.05, 0) is 42.9 Å². The maximum absolute atomic E-state index is 12.9. The summed E-state index contributed by atoms with van der Waals surface area (Å²) >= 11 is 1.68. The molecular weight excluding hydrogens is 344 g/mol. The van der Waals surface area contributed by atoms with E-state index in [4.69, 9.17) is 4.74 Å². The molecule has 1 aliphatic heterocycles. The lowest BCUT2D eigenvalue weighted by Gasteiger charge is -2.31. The van der Waals surface area contributed by atoms with Crippen molar-refractivity contribution in [2.24, 2.45) is 0 Å². The molecular formula is C21H26N2O2S. The summed E-state index contributed by atoms with van der Waals surface area (Å²) in [4.78, 5) is 17.6. The number of carbonyl (C=O) groups excluding carboxylic acids is 1. The Morgan fingerprint density at radius 3 is 2.69 bits per heavy atom. The zero-order valence-corrected chi connectivity index (χ0v) is 15.9. The summed E-state index contributed by atoms with van der Waals surface area (Å²) < 4.78 is 5.46. The standard InChI is InChI=1S/C21H26N2O2S/c24-21(20-14-17-8-4-5-9-19(17)26-20)22-18(16-6-2-1-3-7-16)15-23-10-12-25-13-11-23/h1-3,6-7,14,18H,4-5,8-13,15H2,(H,22,24)/t18-/m1/s1. The first kappa shape index (κ1) is 17.7. The number of hydrogen-bond donors (Lipinski definition) is 1. The van der Waals surface area contributed by atoms with Crippen LogP contribution in [-0.2, 0) is 17.6 Å². The molecule has 1 saturated heterocycles. The van der Waals surface area contributed by atoms with Gasteiger partial charge in [0, 0.05) is 24.5 Å². The maximum atomic E-state index is 12.9. The third kappa shape index (κ3) is 4.17. The largest absolute Gasteiger partial charge is 0.379 e. The van der Waals surface area contributed by atoms with Crippen LogP contribution in [0, 0.1) is 0 Å². The summed E-state index contributed by atoms with van der Waals surface area (Å²) in [5.74, 6) is 0.0616. The molecule has 1 aliphatic carbocycles. The molecule has 0 bridgehead atoms. The SMILES string of the molecule is O=C(N[C@H](CN1CCOCC1)c1ccccc1)c1cc2c(s1)CCCC2. The fourth-order valence-corrected chi connectivity index (χ4v) is 4.95. The molecule has 5 heteroatoms. The van der Waals surface area contributed by atoms with Crippen LogP contribution in [-0.4, -0.2) is 43.7 Å². The van der Waals surface area contributed by atoms with E-state index < -0.39 is 0 Å². The molecule has 1 amide bonds. The first-order valence-electron chi connectivity index (χ1n) is 9.57. The molecule has 4 rings (SSSR count). The van der Waals surface area contributed by atoms with Gasteiger partial charge in [0.2, 0.25) is 0 Å². The van der Waals surface area contributed by atoms with E-state index >= 15 is 0 Å². The summed E-state index contributed by atoms with van der Waals surface area (Å²) in [6, 6.07) is 12.4. The predicted octanol–water partition coefficient (Wildman–Crippen LogP) is 3.43. The zero-order chi connectivity index (χ0) is 17.8. The van der Waals surface area contributed by atoms with Crippen LogP contribution < -0.4 is 5.32 Å². The number of morpholine rings is 1. The van der Waals surface area contributed by atoms with E-state index in [1.54, 1.807) is 11.3 Å². The Bertz CT molecular complexity index is 714. The van der Waals surface area contributed by atoms with Crippen LogP contribution in [0.4, 0.5) is 0 Å². The molecule has 2 aromatic rings. The van der Waals surface area contributed by atoms with Gasteiger partial charge in [0.05, 0.1) is 24.1 Å². The molecule has 2 heterocycles. The van der Waals surface area contributed by atoms with Gasteiger partial charge in [-0.2, -0.15) is 0 Å². The van der Waals surface area contributed by atoms with Gasteiger partial charge in [0.1, 0.15) is 0 Å². The molecule has 2 aliphatic rings. The Hall–Kier alpha value is -1.69. The first-order chi connectivity index (χ1) is 12.8. The summed E-state index contributed by atoms with van der Waals surface area (Å²) in [6.45, 7) is 4.21. The molecule has 1 fully saturated rings. The minimum absolute atomic E-state index is 0.000859. The third-order valence-corrected chi connectivity index (χ3v) is 6.51. The smallest absolute Gasteiger partial charge is 0.261 e. The van der Waals surface area contributed by atoms with Crippen molar-refractivity contribution in [3.8, 4) is 0 Å². The fourth-order valence-electron chi connectivity index (χ4n) is 3.79. The molecule has 0 radical (unpaired) electrons. The van der Waals surface area contributed by atoms with Gasteiger partial charge >= 0.3 is 0 Å². The lowest BCUT2D eigenvalue weighted by molar-refractivity contribution is 0.0332. The minimum atomic E-state index is 0.000859. The Morgan fingerprint density at radius 1 is 1.15 bits per heavy atom. The van der Waals surface area contributed by atoms with E-state index in [0.29, 0.717) is 0 Å². The maximum Gasteiger partial charge on any atom is 0.261 e. The summed E-state index contributed by atoms with van der Waals surface area (Å²) in [5, 5.41) is 3.30. The van der Waals surface area contributed by atoms with E-state index in [0.717, 1.165) is 56.1 Å². The Morgan fingerprint density at radius 2 is 1.92 bits per heavy atom. The Kier molecular flexibility index (Phi) is 5.68. The molecule has 1 N–H and O–H groups in total. The number of thiophene rings is 1. The number of rotatable bonds is 5. The van der Waals surface area contributed by atoms with Crippen molar-refractivity contribution in [1.82, 2.24) is 10.2 Å². The highest BCUT2D eigenvalue weighted by Crippen LogP contribution is 2.30. The number of hydrogen-bond acceptors (Lipinski definition) is 4.